The molecule has 5 heteroatoms. The fourth-order valence-electron chi connectivity index (χ4n) is 1.20. The Hall–Kier alpha value is -0.515. The van der Waals surface area contributed by atoms with E-state index >= 15 is 0 Å². The van der Waals surface area contributed by atoms with Crippen LogP contribution in [0.2, 0.25) is 0 Å². The summed E-state index contributed by atoms with van der Waals surface area (Å²) < 4.78 is 5.90. The first-order chi connectivity index (χ1) is 6.07. The first-order valence-corrected chi connectivity index (χ1v) is 4.56. The number of hydrogen-bond acceptors (Lipinski definition) is 3. The average Bonchev–Trinajstić information content (AvgIpc) is 2.04. The van der Waals surface area contributed by atoms with Gasteiger partial charge in [-0.1, -0.05) is 6.07 Å². The van der Waals surface area contributed by atoms with E-state index in [1.54, 1.807) is 26.2 Å². The van der Waals surface area contributed by atoms with Gasteiger partial charge in [-0.25, -0.2) is 0 Å². The van der Waals surface area contributed by atoms with Crippen LogP contribution in [0.3, 0.4) is 0 Å². The van der Waals surface area contributed by atoms with Crippen LogP contribution in [0.5, 0.6) is 5.75 Å². The lowest BCUT2D eigenvalue weighted by atomic mass is 9.77. The minimum Gasteiger partial charge on any atom is -0.495 e. The van der Waals surface area contributed by atoms with Gasteiger partial charge < -0.3 is 14.8 Å². The summed E-state index contributed by atoms with van der Waals surface area (Å²) in [6, 6.07) is 3.37. The third-order valence-corrected chi connectivity index (χ3v) is 2.51. The topological polar surface area (TPSA) is 49.7 Å². The van der Waals surface area contributed by atoms with Gasteiger partial charge in [-0.15, -0.1) is 0 Å². The number of benzene rings is 1. The molecule has 70 valence electrons. The first kappa shape index (κ1) is 10.6. The van der Waals surface area contributed by atoms with E-state index in [0.717, 1.165) is 10.0 Å². The Morgan fingerprint density at radius 3 is 2.46 bits per heavy atom. The highest BCUT2D eigenvalue weighted by molar-refractivity contribution is 9.10. The Morgan fingerprint density at radius 1 is 1.38 bits per heavy atom. The van der Waals surface area contributed by atoms with Gasteiger partial charge >= 0.3 is 7.12 Å². The molecule has 1 aromatic rings. The summed E-state index contributed by atoms with van der Waals surface area (Å²) in [6.45, 7) is 1.78. The normalized spacial score (nSPS) is 9.92. The summed E-state index contributed by atoms with van der Waals surface area (Å²) >= 11 is 3.30. The number of hydrogen-bond donors (Lipinski definition) is 2. The minimum absolute atomic E-state index is 0.458. The molecule has 0 heterocycles. The minimum atomic E-state index is -1.46. The van der Waals surface area contributed by atoms with Crippen LogP contribution in [0.25, 0.3) is 0 Å². The Kier molecular flexibility index (Phi) is 3.36. The number of halogens is 1. The monoisotopic (exact) mass is 244 g/mol. The summed E-state index contributed by atoms with van der Waals surface area (Å²) in [5, 5.41) is 18.0. The van der Waals surface area contributed by atoms with Crippen LogP contribution in [0.1, 0.15) is 5.56 Å². The highest BCUT2D eigenvalue weighted by atomic mass is 79.9. The molecule has 0 aliphatic rings. The summed E-state index contributed by atoms with van der Waals surface area (Å²) in [7, 11) is 0.0858. The summed E-state index contributed by atoms with van der Waals surface area (Å²) in [5.41, 5.74) is 1.19. The van der Waals surface area contributed by atoms with Gasteiger partial charge in [-0.3, -0.25) is 0 Å². The maximum Gasteiger partial charge on any atom is 0.488 e. The van der Waals surface area contributed by atoms with Gasteiger partial charge in [0.25, 0.3) is 0 Å². The molecule has 0 aliphatic carbocycles. The van der Waals surface area contributed by atoms with Crippen molar-refractivity contribution in [3.05, 3.63) is 22.2 Å². The Balaban J connectivity index is 3.27. The molecule has 13 heavy (non-hydrogen) atoms. The molecule has 0 saturated heterocycles. The molecule has 1 aromatic carbocycles. The molecule has 0 bridgehead atoms. The van der Waals surface area contributed by atoms with Crippen LogP contribution in [0, 0.1) is 6.92 Å². The van der Waals surface area contributed by atoms with Crippen LogP contribution in [0.4, 0.5) is 0 Å². The number of ether oxygens (including phenoxy) is 1. The fourth-order valence-corrected chi connectivity index (χ4v) is 1.80. The van der Waals surface area contributed by atoms with Crippen LogP contribution < -0.4 is 10.2 Å². The highest BCUT2D eigenvalue weighted by Crippen LogP contribution is 2.26. The van der Waals surface area contributed by atoms with Gasteiger partial charge in [-0.2, -0.15) is 0 Å². The van der Waals surface area contributed by atoms with E-state index in [0.29, 0.717) is 11.2 Å². The van der Waals surface area contributed by atoms with Crippen LogP contribution in [0.15, 0.2) is 16.6 Å². The van der Waals surface area contributed by atoms with Gasteiger partial charge in [0.15, 0.2) is 0 Å². The van der Waals surface area contributed by atoms with E-state index in [-0.39, 0.29) is 0 Å². The van der Waals surface area contributed by atoms with Gasteiger partial charge in [0.1, 0.15) is 5.75 Å². The highest BCUT2D eigenvalue weighted by Gasteiger charge is 2.17. The van der Waals surface area contributed by atoms with Crippen molar-refractivity contribution >= 4 is 28.5 Å². The van der Waals surface area contributed by atoms with Crippen LogP contribution >= 0.6 is 15.9 Å². The van der Waals surface area contributed by atoms with Crippen molar-refractivity contribution in [3.63, 3.8) is 0 Å². The molecule has 0 atom stereocenters. The van der Waals surface area contributed by atoms with Gasteiger partial charge in [0.2, 0.25) is 0 Å². The van der Waals surface area contributed by atoms with E-state index in [2.05, 4.69) is 15.9 Å². The predicted molar refractivity (Wildman–Crippen MR) is 55.3 cm³/mol. The second-order valence-corrected chi connectivity index (χ2v) is 3.52. The molecule has 0 aliphatic heterocycles. The quantitative estimate of drug-likeness (QED) is 0.743. The molecule has 0 radical (unpaired) electrons. The number of rotatable bonds is 2. The van der Waals surface area contributed by atoms with E-state index in [4.69, 9.17) is 14.8 Å². The third-order valence-electron chi connectivity index (χ3n) is 1.88. The Labute approximate surface area is 85.6 Å². The zero-order valence-electron chi connectivity index (χ0n) is 7.41. The van der Waals surface area contributed by atoms with Crippen molar-refractivity contribution < 1.29 is 14.8 Å². The largest absolute Gasteiger partial charge is 0.495 e. The molecular weight excluding hydrogens is 235 g/mol. The summed E-state index contributed by atoms with van der Waals surface area (Å²) in [6.07, 6.45) is 0. The Bertz CT molecular complexity index is 315. The van der Waals surface area contributed by atoms with Crippen molar-refractivity contribution in [2.45, 2.75) is 6.92 Å². The lowest BCUT2D eigenvalue weighted by molar-refractivity contribution is 0.406. The second-order valence-electron chi connectivity index (χ2n) is 2.67. The molecular formula is C8H10BBrO3. The van der Waals surface area contributed by atoms with Gasteiger partial charge in [-0.05, 0) is 39.9 Å². The van der Waals surface area contributed by atoms with E-state index in [9.17, 15) is 0 Å². The fraction of sp³-hybridized carbons (Fsp3) is 0.250. The second kappa shape index (κ2) is 4.13. The molecule has 0 spiro atoms. The molecule has 0 aromatic heterocycles. The van der Waals surface area contributed by atoms with Crippen molar-refractivity contribution in [1.82, 2.24) is 0 Å². The van der Waals surface area contributed by atoms with E-state index < -0.39 is 7.12 Å². The van der Waals surface area contributed by atoms with Crippen LogP contribution in [-0.2, 0) is 0 Å². The predicted octanol–water partition coefficient (Wildman–Crippen LogP) is 0.446. The van der Waals surface area contributed by atoms with Crippen molar-refractivity contribution in [2.75, 3.05) is 7.11 Å². The summed E-state index contributed by atoms with van der Waals surface area (Å²) in [4.78, 5) is 0. The van der Waals surface area contributed by atoms with Crippen molar-refractivity contribution in [1.29, 1.82) is 0 Å². The van der Waals surface area contributed by atoms with E-state index in [1.807, 2.05) is 0 Å². The maximum atomic E-state index is 9.00. The standard InChI is InChI=1S/C8H10BBrO3/c1-5-6(9(11)12)3-4-7(10)8(5)13-2/h3-4,11-12H,1-2H3. The zero-order chi connectivity index (χ0) is 10.0. The molecule has 0 fully saturated rings. The molecule has 1 rings (SSSR count). The smallest absolute Gasteiger partial charge is 0.488 e. The molecule has 0 saturated carbocycles. The lowest BCUT2D eigenvalue weighted by Gasteiger charge is -2.11. The maximum absolute atomic E-state index is 9.00. The van der Waals surface area contributed by atoms with Crippen molar-refractivity contribution in [2.24, 2.45) is 0 Å². The molecule has 3 nitrogen and oxygen atoms in total. The zero-order valence-corrected chi connectivity index (χ0v) is 9.00. The van der Waals surface area contributed by atoms with Crippen molar-refractivity contribution in [3.8, 4) is 5.75 Å². The summed E-state index contributed by atoms with van der Waals surface area (Å²) in [5.74, 6) is 0.630. The van der Waals surface area contributed by atoms with Gasteiger partial charge in [0.05, 0.1) is 11.6 Å². The first-order valence-electron chi connectivity index (χ1n) is 3.77. The van der Waals surface area contributed by atoms with Gasteiger partial charge in [0, 0.05) is 0 Å². The molecule has 0 amide bonds. The van der Waals surface area contributed by atoms with E-state index in [1.165, 1.54) is 0 Å². The molecule has 0 unspecified atom stereocenters. The third kappa shape index (κ3) is 2.04. The SMILES string of the molecule is COc1c(Br)ccc(B(O)O)c1C. The lowest BCUT2D eigenvalue weighted by Crippen LogP contribution is -2.32. The average molecular weight is 245 g/mol. The number of methoxy groups -OCH3 is 1. The van der Waals surface area contributed by atoms with Crippen LogP contribution in [-0.4, -0.2) is 24.3 Å². The molecule has 2 N–H and O–H groups in total. The Morgan fingerprint density at radius 2 is 2.00 bits per heavy atom.